The Morgan fingerprint density at radius 3 is 2.38 bits per heavy atom. The average molecular weight is 203 g/mol. The molecule has 0 saturated carbocycles. The highest BCUT2D eigenvalue weighted by Gasteiger charge is 2.00. The van der Waals surface area contributed by atoms with Crippen LogP contribution in [0.15, 0.2) is 29.2 Å². The average Bonchev–Trinajstić information content (AvgIpc) is 2.15. The lowest BCUT2D eigenvalue weighted by Crippen LogP contribution is -2.09. The first-order chi connectivity index (χ1) is 6.22. The molecule has 0 aliphatic heterocycles. The fourth-order valence-electron chi connectivity index (χ4n) is 0.904. The van der Waals surface area contributed by atoms with Gasteiger partial charge in [0.2, 0.25) is 0 Å². The van der Waals surface area contributed by atoms with Crippen molar-refractivity contribution in [2.24, 2.45) is 0 Å². The molecular formula is C9H11F2NS. The predicted molar refractivity (Wildman–Crippen MR) is 52.7 cm³/mol. The van der Waals surface area contributed by atoms with Gasteiger partial charge in [0.15, 0.2) is 0 Å². The maximum Gasteiger partial charge on any atom is 0.255 e. The zero-order valence-corrected chi connectivity index (χ0v) is 8.07. The van der Waals surface area contributed by atoms with Gasteiger partial charge in [-0.2, -0.15) is 0 Å². The van der Waals surface area contributed by atoms with Crippen molar-refractivity contribution >= 4 is 17.4 Å². The highest BCUT2D eigenvalue weighted by atomic mass is 32.2. The van der Waals surface area contributed by atoms with Gasteiger partial charge in [0.05, 0.1) is 6.54 Å². The van der Waals surface area contributed by atoms with E-state index < -0.39 is 6.43 Å². The standard InChI is InChI=1S/C9H11F2NS/c1-13-8-4-2-7(3-5-8)12-6-9(10)11/h2-5,9,12H,6H2,1H3. The van der Waals surface area contributed by atoms with Crippen LogP contribution in [0.25, 0.3) is 0 Å². The number of hydrogen-bond donors (Lipinski definition) is 1. The van der Waals surface area contributed by atoms with Gasteiger partial charge in [0.25, 0.3) is 6.43 Å². The monoisotopic (exact) mass is 203 g/mol. The number of anilines is 1. The highest BCUT2D eigenvalue weighted by molar-refractivity contribution is 7.98. The molecule has 0 amide bonds. The molecule has 72 valence electrons. The molecule has 13 heavy (non-hydrogen) atoms. The summed E-state index contributed by atoms with van der Waals surface area (Å²) in [7, 11) is 0. The molecule has 0 spiro atoms. The molecule has 0 fully saturated rings. The van der Waals surface area contributed by atoms with Crippen LogP contribution in [0.1, 0.15) is 0 Å². The van der Waals surface area contributed by atoms with E-state index in [1.807, 2.05) is 18.4 Å². The van der Waals surface area contributed by atoms with Crippen molar-refractivity contribution in [2.75, 3.05) is 18.1 Å². The summed E-state index contributed by atoms with van der Waals surface area (Å²) < 4.78 is 23.6. The van der Waals surface area contributed by atoms with E-state index in [0.717, 1.165) is 10.6 Å². The van der Waals surface area contributed by atoms with E-state index in [1.54, 1.807) is 23.9 Å². The van der Waals surface area contributed by atoms with Crippen LogP contribution >= 0.6 is 11.8 Å². The third kappa shape index (κ3) is 3.63. The van der Waals surface area contributed by atoms with Crippen molar-refractivity contribution in [2.45, 2.75) is 11.3 Å². The van der Waals surface area contributed by atoms with Crippen molar-refractivity contribution < 1.29 is 8.78 Å². The van der Waals surface area contributed by atoms with Crippen LogP contribution < -0.4 is 5.32 Å². The van der Waals surface area contributed by atoms with Crippen molar-refractivity contribution in [3.05, 3.63) is 24.3 Å². The smallest absolute Gasteiger partial charge is 0.255 e. The maximum absolute atomic E-state index is 11.8. The number of thioether (sulfide) groups is 1. The van der Waals surface area contributed by atoms with E-state index in [1.165, 1.54) is 0 Å². The molecular weight excluding hydrogens is 192 g/mol. The quantitative estimate of drug-likeness (QED) is 0.755. The van der Waals surface area contributed by atoms with Gasteiger partial charge >= 0.3 is 0 Å². The first kappa shape index (κ1) is 10.3. The Morgan fingerprint density at radius 1 is 1.31 bits per heavy atom. The van der Waals surface area contributed by atoms with E-state index in [9.17, 15) is 8.78 Å². The fourth-order valence-corrected chi connectivity index (χ4v) is 1.31. The Bertz CT molecular complexity index is 248. The van der Waals surface area contributed by atoms with Crippen molar-refractivity contribution in [1.29, 1.82) is 0 Å². The highest BCUT2D eigenvalue weighted by Crippen LogP contribution is 2.17. The lowest BCUT2D eigenvalue weighted by molar-refractivity contribution is 0.163. The zero-order valence-electron chi connectivity index (χ0n) is 7.26. The second kappa shape index (κ2) is 5.07. The van der Waals surface area contributed by atoms with Crippen molar-refractivity contribution in [1.82, 2.24) is 0 Å². The SMILES string of the molecule is CSc1ccc(NCC(F)F)cc1. The van der Waals surface area contributed by atoms with Crippen LogP contribution in [0.3, 0.4) is 0 Å². The number of alkyl halides is 2. The molecule has 0 atom stereocenters. The number of nitrogens with one attached hydrogen (secondary N) is 1. The van der Waals surface area contributed by atoms with Gasteiger partial charge in [0, 0.05) is 10.6 Å². The molecule has 1 rings (SSSR count). The number of halogens is 2. The molecule has 1 nitrogen and oxygen atoms in total. The van der Waals surface area contributed by atoms with Crippen molar-refractivity contribution in [3.8, 4) is 0 Å². The summed E-state index contributed by atoms with van der Waals surface area (Å²) in [4.78, 5) is 1.13. The minimum Gasteiger partial charge on any atom is -0.379 e. The normalized spacial score (nSPS) is 10.5. The number of benzene rings is 1. The second-order valence-corrected chi connectivity index (χ2v) is 3.38. The van der Waals surface area contributed by atoms with E-state index in [2.05, 4.69) is 5.32 Å². The van der Waals surface area contributed by atoms with Crippen LogP contribution in [0.4, 0.5) is 14.5 Å². The van der Waals surface area contributed by atoms with E-state index in [0.29, 0.717) is 0 Å². The minimum absolute atomic E-state index is 0.293. The van der Waals surface area contributed by atoms with E-state index in [-0.39, 0.29) is 6.54 Å². The van der Waals surface area contributed by atoms with Gasteiger partial charge in [-0.15, -0.1) is 11.8 Å². The summed E-state index contributed by atoms with van der Waals surface area (Å²) in [5.41, 5.74) is 0.734. The fraction of sp³-hybridized carbons (Fsp3) is 0.333. The summed E-state index contributed by atoms with van der Waals surface area (Å²) in [5.74, 6) is 0. The van der Waals surface area contributed by atoms with Gasteiger partial charge < -0.3 is 5.32 Å². The number of rotatable bonds is 4. The van der Waals surface area contributed by atoms with Crippen LogP contribution in [-0.4, -0.2) is 19.2 Å². The van der Waals surface area contributed by atoms with Gasteiger partial charge in [-0.3, -0.25) is 0 Å². The van der Waals surface area contributed by atoms with Gasteiger partial charge in [0.1, 0.15) is 0 Å². The largest absolute Gasteiger partial charge is 0.379 e. The summed E-state index contributed by atoms with van der Waals surface area (Å²) in [6.07, 6.45) is -0.332. The molecule has 4 heteroatoms. The lowest BCUT2D eigenvalue weighted by atomic mass is 10.3. The summed E-state index contributed by atoms with van der Waals surface area (Å²) in [5, 5.41) is 2.64. The minimum atomic E-state index is -2.31. The molecule has 0 unspecified atom stereocenters. The van der Waals surface area contributed by atoms with Gasteiger partial charge in [-0.25, -0.2) is 8.78 Å². The van der Waals surface area contributed by atoms with Gasteiger partial charge in [-0.05, 0) is 30.5 Å². The molecule has 0 aliphatic rings. The summed E-state index contributed by atoms with van der Waals surface area (Å²) in [6.45, 7) is -0.293. The third-order valence-electron chi connectivity index (χ3n) is 1.55. The molecule has 1 N–H and O–H groups in total. The zero-order chi connectivity index (χ0) is 9.68. The van der Waals surface area contributed by atoms with Crippen LogP contribution in [0.5, 0.6) is 0 Å². The molecule has 1 aromatic rings. The molecule has 0 bridgehead atoms. The molecule has 0 aromatic heterocycles. The summed E-state index contributed by atoms with van der Waals surface area (Å²) in [6, 6.07) is 7.40. The predicted octanol–water partition coefficient (Wildman–Crippen LogP) is 3.09. The van der Waals surface area contributed by atoms with Gasteiger partial charge in [-0.1, -0.05) is 0 Å². The van der Waals surface area contributed by atoms with E-state index >= 15 is 0 Å². The molecule has 0 aliphatic carbocycles. The third-order valence-corrected chi connectivity index (χ3v) is 2.29. The number of hydrogen-bond acceptors (Lipinski definition) is 2. The maximum atomic E-state index is 11.8. The first-order valence-electron chi connectivity index (χ1n) is 3.88. The summed E-state index contributed by atoms with van der Waals surface area (Å²) >= 11 is 1.63. The van der Waals surface area contributed by atoms with Crippen LogP contribution in [-0.2, 0) is 0 Å². The Labute approximate surface area is 80.5 Å². The Morgan fingerprint density at radius 2 is 1.92 bits per heavy atom. The molecule has 0 saturated heterocycles. The second-order valence-electron chi connectivity index (χ2n) is 2.50. The van der Waals surface area contributed by atoms with E-state index in [4.69, 9.17) is 0 Å². The Kier molecular flexibility index (Phi) is 4.02. The molecule has 0 heterocycles. The first-order valence-corrected chi connectivity index (χ1v) is 5.11. The van der Waals surface area contributed by atoms with Crippen LogP contribution in [0.2, 0.25) is 0 Å². The van der Waals surface area contributed by atoms with Crippen molar-refractivity contribution in [3.63, 3.8) is 0 Å². The Hall–Kier alpha value is -0.770. The topological polar surface area (TPSA) is 12.0 Å². The van der Waals surface area contributed by atoms with Crippen LogP contribution in [0, 0.1) is 0 Å². The lowest BCUT2D eigenvalue weighted by Gasteiger charge is -2.05. The molecule has 1 aromatic carbocycles. The Balaban J connectivity index is 2.49. The molecule has 0 radical (unpaired) electrons.